The summed E-state index contributed by atoms with van der Waals surface area (Å²) in [5.41, 5.74) is 0. The van der Waals surface area contributed by atoms with Gasteiger partial charge in [0.15, 0.2) is 0 Å². The van der Waals surface area contributed by atoms with Crippen LogP contribution < -0.4 is 0 Å². The van der Waals surface area contributed by atoms with Crippen LogP contribution in [0.2, 0.25) is 0 Å². The Morgan fingerprint density at radius 2 is 2.50 bits per heavy atom. The molecule has 0 spiro atoms. The van der Waals surface area contributed by atoms with Crippen LogP contribution in [0.4, 0.5) is 0 Å². The molecule has 1 aromatic heterocycles. The van der Waals surface area contributed by atoms with Crippen molar-refractivity contribution in [2.45, 2.75) is 0 Å². The average Bonchev–Trinajstić information content (AvgIpc) is 1.76. The van der Waals surface area contributed by atoms with E-state index >= 15 is 0 Å². The summed E-state index contributed by atoms with van der Waals surface area (Å²) in [4.78, 5) is 3.43. The molecule has 1 heterocycles. The molecule has 2 nitrogen and oxygen atoms in total. The Balaban J connectivity index is 0.000000250. The molecule has 0 amide bonds. The van der Waals surface area contributed by atoms with Crippen molar-refractivity contribution in [1.82, 2.24) is 4.98 Å². The Bertz CT molecular complexity index is 67.3. The third-order valence-electron chi connectivity index (χ3n) is 0.309. The van der Waals surface area contributed by atoms with E-state index in [9.17, 15) is 0 Å². The molecule has 0 bridgehead atoms. The molecular weight excluding hydrogens is 155 g/mol. The van der Waals surface area contributed by atoms with E-state index in [1.165, 1.54) is 12.5 Å². The molecule has 0 aliphatic carbocycles. The first-order valence-corrected chi connectivity index (χ1v) is 1.25. The minimum Gasteiger partial charge on any atom is -0.581 e. The zero-order valence-electron chi connectivity index (χ0n) is 3.09. The van der Waals surface area contributed by atoms with E-state index in [1.807, 2.05) is 0 Å². The van der Waals surface area contributed by atoms with Crippen LogP contribution in [0.25, 0.3) is 0 Å². The molecule has 0 saturated carbocycles. The molecule has 0 N–H and O–H groups in total. The fourth-order valence-electron chi connectivity index (χ4n) is 0.152. The van der Waals surface area contributed by atoms with Crippen molar-refractivity contribution in [3.05, 3.63) is 18.9 Å². The van der Waals surface area contributed by atoms with E-state index in [0.29, 0.717) is 0 Å². The molecule has 0 unspecified atom stereocenters. The van der Waals surface area contributed by atoms with Gasteiger partial charge in [0.1, 0.15) is 6.39 Å². The smallest absolute Gasteiger partial charge is 0.101 e. The monoisotopic (exact) mass is 157 g/mol. The maximum absolute atomic E-state index is 4.35. The van der Waals surface area contributed by atoms with Gasteiger partial charge in [-0.15, -0.1) is 0 Å². The van der Waals surface area contributed by atoms with Crippen LogP contribution in [0.5, 0.6) is 0 Å². The molecule has 0 saturated heterocycles. The van der Waals surface area contributed by atoms with E-state index in [4.69, 9.17) is 0 Å². The first-order chi connectivity index (χ1) is 2.50. The Kier molecular flexibility index (Phi) is 3.69. The molecular formula is C3H2NOY-. The molecule has 6 heavy (non-hydrogen) atoms. The summed E-state index contributed by atoms with van der Waals surface area (Å²) in [6, 6.07) is 0. The first kappa shape index (κ1) is 6.31. The van der Waals surface area contributed by atoms with Crippen molar-refractivity contribution >= 4 is 0 Å². The van der Waals surface area contributed by atoms with Crippen LogP contribution in [0.15, 0.2) is 16.9 Å². The van der Waals surface area contributed by atoms with Gasteiger partial charge in [-0.2, -0.15) is 0 Å². The first-order valence-electron chi connectivity index (χ1n) is 1.25. The van der Waals surface area contributed by atoms with Crippen LogP contribution in [0.3, 0.4) is 0 Å². The summed E-state index contributed by atoms with van der Waals surface area (Å²) in [5.74, 6) is 0. The average molecular weight is 157 g/mol. The Labute approximate surface area is 60.8 Å². The van der Waals surface area contributed by atoms with Crippen molar-refractivity contribution < 1.29 is 37.1 Å². The molecule has 1 radical (unpaired) electrons. The van der Waals surface area contributed by atoms with Crippen molar-refractivity contribution in [2.24, 2.45) is 0 Å². The number of rotatable bonds is 0. The summed E-state index contributed by atoms with van der Waals surface area (Å²) >= 11 is 0. The number of hydrogen-bond donors (Lipinski definition) is 0. The van der Waals surface area contributed by atoms with Gasteiger partial charge in [-0.3, -0.25) is 0 Å². The molecule has 0 fully saturated rings. The summed E-state index contributed by atoms with van der Waals surface area (Å²) in [7, 11) is 0. The molecule has 0 aliphatic heterocycles. The molecule has 0 atom stereocenters. The second-order valence-corrected chi connectivity index (χ2v) is 0.623. The largest absolute Gasteiger partial charge is 0.581 e. The second kappa shape index (κ2) is 3.50. The van der Waals surface area contributed by atoms with E-state index < -0.39 is 0 Å². The Morgan fingerprint density at radius 3 is 2.67 bits per heavy atom. The number of aromatic nitrogens is 1. The van der Waals surface area contributed by atoms with Gasteiger partial charge >= 0.3 is 0 Å². The predicted molar refractivity (Wildman–Crippen MR) is 15.3 cm³/mol. The maximum atomic E-state index is 4.35. The van der Waals surface area contributed by atoms with Crippen molar-refractivity contribution in [1.29, 1.82) is 0 Å². The van der Waals surface area contributed by atoms with Gasteiger partial charge in [-0.05, 0) is 6.26 Å². The standard InChI is InChI=1S/C3H2NO.Y/c1-2-5-3-4-1;/h1-2H;/q-1;. The van der Waals surface area contributed by atoms with Crippen LogP contribution >= 0.6 is 0 Å². The quantitative estimate of drug-likeness (QED) is 0.511. The van der Waals surface area contributed by atoms with Gasteiger partial charge in [-0.1, -0.05) is 6.20 Å². The van der Waals surface area contributed by atoms with Gasteiger partial charge in [0.05, 0.1) is 0 Å². The minimum atomic E-state index is 0. The van der Waals surface area contributed by atoms with Crippen molar-refractivity contribution in [2.75, 3.05) is 0 Å². The number of hydrogen-bond acceptors (Lipinski definition) is 2. The van der Waals surface area contributed by atoms with Gasteiger partial charge in [0.2, 0.25) is 0 Å². The molecule has 0 aliphatic rings. The molecule has 29 valence electrons. The fraction of sp³-hybridized carbons (Fsp3) is 0. The Morgan fingerprint density at radius 1 is 1.67 bits per heavy atom. The van der Waals surface area contributed by atoms with Gasteiger partial charge in [-0.25, -0.2) is 0 Å². The van der Waals surface area contributed by atoms with Gasteiger partial charge < -0.3 is 9.40 Å². The summed E-state index contributed by atoms with van der Waals surface area (Å²) in [6.07, 6.45) is 5.22. The topological polar surface area (TPSA) is 26.0 Å². The minimum absolute atomic E-state index is 0. The van der Waals surface area contributed by atoms with E-state index in [-0.39, 0.29) is 32.7 Å². The van der Waals surface area contributed by atoms with Crippen LogP contribution in [0, 0.1) is 6.39 Å². The van der Waals surface area contributed by atoms with Gasteiger partial charge in [0.25, 0.3) is 0 Å². The van der Waals surface area contributed by atoms with E-state index in [1.54, 1.807) is 0 Å². The van der Waals surface area contributed by atoms with Crippen molar-refractivity contribution in [3.63, 3.8) is 0 Å². The van der Waals surface area contributed by atoms with Crippen LogP contribution in [0.1, 0.15) is 0 Å². The van der Waals surface area contributed by atoms with E-state index in [0.717, 1.165) is 0 Å². The second-order valence-electron chi connectivity index (χ2n) is 0.623. The predicted octanol–water partition coefficient (Wildman–Crippen LogP) is 0.472. The maximum Gasteiger partial charge on any atom is 0.101 e. The zero-order valence-corrected chi connectivity index (χ0v) is 5.93. The third-order valence-corrected chi connectivity index (χ3v) is 0.309. The summed E-state index contributed by atoms with van der Waals surface area (Å²) < 4.78 is 4.35. The molecule has 1 aromatic rings. The van der Waals surface area contributed by atoms with Crippen LogP contribution in [-0.4, -0.2) is 4.98 Å². The fourth-order valence-corrected chi connectivity index (χ4v) is 0.152. The molecule has 3 heteroatoms. The van der Waals surface area contributed by atoms with Crippen molar-refractivity contribution in [3.8, 4) is 0 Å². The summed E-state index contributed by atoms with van der Waals surface area (Å²) in [5, 5.41) is 0. The molecule has 0 aromatic carbocycles. The SMILES string of the molecule is [Y].[c-]1ncco1. The summed E-state index contributed by atoms with van der Waals surface area (Å²) in [6.45, 7) is 0. The number of oxazole rings is 1. The normalized spacial score (nSPS) is 6.67. The number of nitrogens with zero attached hydrogens (tertiary/aromatic N) is 1. The van der Waals surface area contributed by atoms with Gasteiger partial charge in [0, 0.05) is 32.7 Å². The van der Waals surface area contributed by atoms with Crippen LogP contribution in [-0.2, 0) is 32.7 Å². The Hall–Kier alpha value is 0.314. The third kappa shape index (κ3) is 1.68. The van der Waals surface area contributed by atoms with E-state index in [2.05, 4.69) is 15.8 Å². The zero-order chi connectivity index (χ0) is 3.54. The molecule has 1 rings (SSSR count).